The van der Waals surface area contributed by atoms with Gasteiger partial charge in [0.05, 0.1) is 0 Å². The molecule has 1 aliphatic rings. The first-order valence-corrected chi connectivity index (χ1v) is 2.48. The molecule has 0 unspecified atom stereocenters. The third-order valence-electron chi connectivity index (χ3n) is 1.22. The van der Waals surface area contributed by atoms with Gasteiger partial charge in [-0.3, -0.25) is 0 Å². The van der Waals surface area contributed by atoms with Crippen molar-refractivity contribution in [3.05, 3.63) is 0 Å². The molecule has 4 heteroatoms. The number of carbonyl (C=O) groups is 1. The first kappa shape index (κ1) is 5.53. The maximum Gasteiger partial charge on any atom is 0.341 e. The molecule has 1 saturated heterocycles. The summed E-state index contributed by atoms with van der Waals surface area (Å²) in [4.78, 5) is 14.3. The summed E-state index contributed by atoms with van der Waals surface area (Å²) in [6.07, 6.45) is 0.843. The molecule has 1 fully saturated rings. The normalized spacial score (nSPS) is 26.4. The van der Waals surface area contributed by atoms with Gasteiger partial charge >= 0.3 is 5.97 Å². The summed E-state index contributed by atoms with van der Waals surface area (Å²) in [5, 5.41) is 2.84. The lowest BCUT2D eigenvalue weighted by Crippen LogP contribution is -2.49. The van der Waals surface area contributed by atoms with E-state index in [1.807, 2.05) is 0 Å². The van der Waals surface area contributed by atoms with Gasteiger partial charge in [-0.2, -0.15) is 5.90 Å². The molecule has 1 aliphatic heterocycles. The van der Waals surface area contributed by atoms with Crippen LogP contribution in [0.2, 0.25) is 0 Å². The lowest BCUT2D eigenvalue weighted by atomic mass is 10.1. The van der Waals surface area contributed by atoms with Crippen molar-refractivity contribution in [3.8, 4) is 0 Å². The fraction of sp³-hybridized carbons (Fsp3) is 0.750. The zero-order valence-corrected chi connectivity index (χ0v) is 4.39. The van der Waals surface area contributed by atoms with Crippen LogP contribution < -0.4 is 11.2 Å². The molecule has 0 aromatic carbocycles. The quantitative estimate of drug-likeness (QED) is 0.421. The van der Waals surface area contributed by atoms with Gasteiger partial charge in [0.15, 0.2) is 0 Å². The van der Waals surface area contributed by atoms with E-state index in [0.717, 1.165) is 13.0 Å². The van der Waals surface area contributed by atoms with Gasteiger partial charge in [-0.05, 0) is 13.0 Å². The smallest absolute Gasteiger partial charge is 0.341 e. The van der Waals surface area contributed by atoms with E-state index in [9.17, 15) is 4.79 Å². The Morgan fingerprint density at radius 3 is 2.62 bits per heavy atom. The molecule has 3 N–H and O–H groups in total. The number of hydrogen-bond acceptors (Lipinski definition) is 4. The summed E-state index contributed by atoms with van der Waals surface area (Å²) in [6, 6.07) is -0.139. The van der Waals surface area contributed by atoms with Gasteiger partial charge in [0.2, 0.25) is 0 Å². The van der Waals surface area contributed by atoms with E-state index in [1.165, 1.54) is 0 Å². The number of hydrogen-bond donors (Lipinski definition) is 2. The molecule has 46 valence electrons. The van der Waals surface area contributed by atoms with E-state index in [0.29, 0.717) is 0 Å². The molecule has 0 spiro atoms. The summed E-state index contributed by atoms with van der Waals surface area (Å²) >= 11 is 0. The Morgan fingerprint density at radius 2 is 2.50 bits per heavy atom. The van der Waals surface area contributed by atoms with Crippen molar-refractivity contribution >= 4 is 5.97 Å². The van der Waals surface area contributed by atoms with Gasteiger partial charge in [-0.1, -0.05) is 0 Å². The van der Waals surface area contributed by atoms with Gasteiger partial charge < -0.3 is 10.2 Å². The molecule has 0 aliphatic carbocycles. The molecule has 0 bridgehead atoms. The lowest BCUT2D eigenvalue weighted by Gasteiger charge is -2.23. The summed E-state index contributed by atoms with van der Waals surface area (Å²) in [5.74, 6) is 4.23. The minimum Gasteiger partial charge on any atom is -0.372 e. The van der Waals surface area contributed by atoms with E-state index < -0.39 is 0 Å². The summed E-state index contributed by atoms with van der Waals surface area (Å²) in [5.41, 5.74) is 0. The fourth-order valence-electron chi connectivity index (χ4n) is 0.572. The predicted octanol–water partition coefficient (Wildman–Crippen LogP) is -1.23. The molecule has 0 aromatic heterocycles. The molecule has 0 aromatic rings. The van der Waals surface area contributed by atoms with Crippen LogP contribution in [0.15, 0.2) is 0 Å². The molecule has 1 rings (SSSR count). The van der Waals surface area contributed by atoms with E-state index in [2.05, 4.69) is 16.1 Å². The van der Waals surface area contributed by atoms with Gasteiger partial charge in [0.25, 0.3) is 0 Å². The highest BCUT2D eigenvalue weighted by atomic mass is 16.7. The van der Waals surface area contributed by atoms with Crippen LogP contribution in [0.3, 0.4) is 0 Å². The average Bonchev–Trinajstić information content (AvgIpc) is 1.62. The molecular formula is C4H8N2O2. The number of nitrogens with one attached hydrogen (secondary N) is 1. The lowest BCUT2D eigenvalue weighted by molar-refractivity contribution is -0.148. The predicted molar refractivity (Wildman–Crippen MR) is 26.7 cm³/mol. The van der Waals surface area contributed by atoms with Crippen molar-refractivity contribution < 1.29 is 9.63 Å². The number of nitrogens with two attached hydrogens (primary N) is 1. The van der Waals surface area contributed by atoms with E-state index >= 15 is 0 Å². The molecule has 0 radical (unpaired) electrons. The second-order valence-corrected chi connectivity index (χ2v) is 1.73. The van der Waals surface area contributed by atoms with Crippen LogP contribution in [0.5, 0.6) is 0 Å². The Balaban J connectivity index is 2.24. The SMILES string of the molecule is NOC(=O)[C@H]1CCN1. The van der Waals surface area contributed by atoms with Crippen molar-refractivity contribution in [2.75, 3.05) is 6.54 Å². The monoisotopic (exact) mass is 116 g/mol. The van der Waals surface area contributed by atoms with E-state index in [1.54, 1.807) is 0 Å². The first-order valence-electron chi connectivity index (χ1n) is 2.48. The second-order valence-electron chi connectivity index (χ2n) is 1.73. The van der Waals surface area contributed by atoms with E-state index in [-0.39, 0.29) is 12.0 Å². The minimum atomic E-state index is -0.365. The summed E-state index contributed by atoms with van der Waals surface area (Å²) < 4.78 is 0. The van der Waals surface area contributed by atoms with Gasteiger partial charge in [0.1, 0.15) is 6.04 Å². The third kappa shape index (κ3) is 0.801. The van der Waals surface area contributed by atoms with Crippen LogP contribution >= 0.6 is 0 Å². The van der Waals surface area contributed by atoms with Gasteiger partial charge in [-0.25, -0.2) is 4.79 Å². The van der Waals surface area contributed by atoms with Crippen LogP contribution in [0.1, 0.15) is 6.42 Å². The number of rotatable bonds is 1. The molecule has 8 heavy (non-hydrogen) atoms. The van der Waals surface area contributed by atoms with Gasteiger partial charge in [0, 0.05) is 0 Å². The molecule has 1 heterocycles. The van der Waals surface area contributed by atoms with Crippen LogP contribution in [0.4, 0.5) is 0 Å². The molecule has 0 amide bonds. The van der Waals surface area contributed by atoms with Crippen LogP contribution in [0.25, 0.3) is 0 Å². The Hall–Kier alpha value is -0.610. The Labute approximate surface area is 46.9 Å². The molecule has 4 nitrogen and oxygen atoms in total. The first-order chi connectivity index (χ1) is 3.84. The van der Waals surface area contributed by atoms with Crippen LogP contribution in [-0.4, -0.2) is 18.6 Å². The number of carbonyl (C=O) groups excluding carboxylic acids is 1. The topological polar surface area (TPSA) is 64.3 Å². The maximum atomic E-state index is 10.4. The van der Waals surface area contributed by atoms with Crippen LogP contribution in [0, 0.1) is 0 Å². The Kier molecular flexibility index (Phi) is 1.45. The van der Waals surface area contributed by atoms with Crippen molar-refractivity contribution in [3.63, 3.8) is 0 Å². The second kappa shape index (κ2) is 2.11. The fourth-order valence-corrected chi connectivity index (χ4v) is 0.572. The van der Waals surface area contributed by atoms with Crippen molar-refractivity contribution in [2.24, 2.45) is 5.90 Å². The Morgan fingerprint density at radius 1 is 1.88 bits per heavy atom. The zero-order valence-electron chi connectivity index (χ0n) is 4.39. The van der Waals surface area contributed by atoms with Crippen molar-refractivity contribution in [2.45, 2.75) is 12.5 Å². The van der Waals surface area contributed by atoms with E-state index in [4.69, 9.17) is 0 Å². The molecule has 1 atom stereocenters. The zero-order chi connectivity index (χ0) is 5.98. The molecular weight excluding hydrogens is 108 g/mol. The highest BCUT2D eigenvalue weighted by Gasteiger charge is 2.25. The highest BCUT2D eigenvalue weighted by Crippen LogP contribution is 2.01. The standard InChI is InChI=1S/C4H8N2O2/c5-8-4(7)3-1-2-6-3/h3,6H,1-2,5H2/t3-/m1/s1. The van der Waals surface area contributed by atoms with Crippen molar-refractivity contribution in [1.29, 1.82) is 0 Å². The molecule has 0 saturated carbocycles. The largest absolute Gasteiger partial charge is 0.372 e. The minimum absolute atomic E-state index is 0.139. The Bertz CT molecular complexity index is 100. The summed E-state index contributed by atoms with van der Waals surface area (Å²) in [7, 11) is 0. The van der Waals surface area contributed by atoms with Crippen molar-refractivity contribution in [1.82, 2.24) is 5.32 Å². The average molecular weight is 116 g/mol. The third-order valence-corrected chi connectivity index (χ3v) is 1.22. The van der Waals surface area contributed by atoms with Crippen LogP contribution in [-0.2, 0) is 9.63 Å². The highest BCUT2D eigenvalue weighted by molar-refractivity contribution is 5.76. The summed E-state index contributed by atoms with van der Waals surface area (Å²) in [6.45, 7) is 0.889. The maximum absolute atomic E-state index is 10.4. The van der Waals surface area contributed by atoms with Gasteiger partial charge in [-0.15, -0.1) is 0 Å².